The molecule has 0 N–H and O–H groups in total. The molecule has 0 heterocycles. The van der Waals surface area contributed by atoms with E-state index < -0.39 is 0 Å². The average Bonchev–Trinajstić information content (AvgIpc) is 3.95. The van der Waals surface area contributed by atoms with Crippen LogP contribution in [-0.2, 0) is 46.7 Å². The third kappa shape index (κ3) is 19.1. The molecule has 0 saturated carbocycles. The molecule has 0 aromatic heterocycles. The summed E-state index contributed by atoms with van der Waals surface area (Å²) in [4.78, 5) is 0. The molecular weight excluding hydrogens is 1030 g/mol. The van der Waals surface area contributed by atoms with Crippen LogP contribution in [0.25, 0.3) is 43.1 Å². The van der Waals surface area contributed by atoms with Gasteiger partial charge in [-0.1, -0.05) is 152 Å². The van der Waals surface area contributed by atoms with Gasteiger partial charge in [0.1, 0.15) is 0 Å². The predicted molar refractivity (Wildman–Crippen MR) is 287 cm³/mol. The molecule has 0 saturated heterocycles. The van der Waals surface area contributed by atoms with Crippen LogP contribution in [0.2, 0.25) is 26.2 Å². The number of fused-ring (bicyclic) bond motifs is 4. The molecule has 8 rings (SSSR count). The van der Waals surface area contributed by atoms with E-state index in [0.29, 0.717) is 23.7 Å². The van der Waals surface area contributed by atoms with Crippen molar-refractivity contribution in [3.8, 4) is 0 Å². The van der Waals surface area contributed by atoms with Crippen LogP contribution in [0.4, 0.5) is 0 Å². The van der Waals surface area contributed by atoms with E-state index in [1.807, 2.05) is 0 Å². The Morgan fingerprint density at radius 2 is 0.470 bits per heavy atom. The van der Waals surface area contributed by atoms with Crippen molar-refractivity contribution in [2.24, 2.45) is 0 Å². The maximum atomic E-state index is 2.32. The van der Waals surface area contributed by atoms with Crippen LogP contribution >= 0.6 is 0 Å². The molecule has 8 aromatic carbocycles. The summed E-state index contributed by atoms with van der Waals surface area (Å²) in [6.45, 7) is 44.7. The predicted octanol–water partition coefficient (Wildman–Crippen LogP) is 12.8. The number of aryl methyl sites for hydroxylation is 8. The summed E-state index contributed by atoms with van der Waals surface area (Å²) >= 11 is 3.48. The van der Waals surface area contributed by atoms with Gasteiger partial charge in [-0.05, 0) is 51.4 Å². The first-order valence-corrected chi connectivity index (χ1v) is 35.9. The minimum absolute atomic E-state index is 0. The number of hydrogen-bond acceptors (Lipinski definition) is 0. The van der Waals surface area contributed by atoms with E-state index in [1.54, 1.807) is 46.7 Å². The fourth-order valence-corrected chi connectivity index (χ4v) is 8.08. The van der Waals surface area contributed by atoms with E-state index >= 15 is 0 Å². The van der Waals surface area contributed by atoms with E-state index in [-0.39, 0.29) is 35.7 Å². The molecule has 0 fully saturated rings. The molecule has 0 aliphatic rings. The summed E-state index contributed by atoms with van der Waals surface area (Å²) < 4.78 is 0. The Morgan fingerprint density at radius 3 is 0.606 bits per heavy atom. The summed E-state index contributed by atoms with van der Waals surface area (Å²) in [5, 5.41) is 11.2. The van der Waals surface area contributed by atoms with Crippen LogP contribution in [0.15, 0.2) is 97.1 Å². The Morgan fingerprint density at radius 1 is 0.318 bits per heavy atom. The third-order valence-electron chi connectivity index (χ3n) is 11.5. The van der Waals surface area contributed by atoms with Crippen molar-refractivity contribution in [2.75, 3.05) is 0 Å². The number of hydrogen-bond donors (Lipinski definition) is 0. The molecule has 0 spiro atoms. The van der Waals surface area contributed by atoms with Crippen molar-refractivity contribution in [3.63, 3.8) is 0 Å². The van der Waals surface area contributed by atoms with Crippen LogP contribution < -0.4 is 24.8 Å². The maximum absolute atomic E-state index is 2.32. The van der Waals surface area contributed by atoms with Crippen LogP contribution in [0.3, 0.4) is 0 Å². The van der Waals surface area contributed by atoms with Gasteiger partial charge in [-0.15, -0.1) is 114 Å². The minimum Gasteiger partial charge on any atom is -1.00 e. The summed E-state index contributed by atoms with van der Waals surface area (Å²) in [7, 11) is 0. The Labute approximate surface area is 445 Å². The van der Waals surface area contributed by atoms with Crippen molar-refractivity contribution in [2.45, 2.75) is 161 Å². The number of halogens is 2. The Balaban J connectivity index is 0.000000413. The Bertz CT molecular complexity index is 2420. The topological polar surface area (TPSA) is 0 Å². The Hall–Kier alpha value is -1.90. The second kappa shape index (κ2) is 28.7. The van der Waals surface area contributed by atoms with Gasteiger partial charge < -0.3 is 24.8 Å². The normalized spacial score (nSPS) is 10.6. The minimum atomic E-state index is 0. The van der Waals surface area contributed by atoms with Crippen LogP contribution in [0.1, 0.15) is 146 Å². The van der Waals surface area contributed by atoms with Gasteiger partial charge >= 0.3 is 83.7 Å². The Kier molecular flexibility index (Phi) is 27.0. The van der Waals surface area contributed by atoms with Gasteiger partial charge in [0.05, 0.1) is 0 Å². The second-order valence-electron chi connectivity index (χ2n) is 20.1. The maximum Gasteiger partial charge on any atom is -0.0306 e. The summed E-state index contributed by atoms with van der Waals surface area (Å²) in [5.74, 6) is 2.48. The van der Waals surface area contributed by atoms with E-state index in [4.69, 9.17) is 0 Å². The van der Waals surface area contributed by atoms with Gasteiger partial charge in [0.15, 0.2) is 0 Å². The van der Waals surface area contributed by atoms with Crippen molar-refractivity contribution in [3.05, 3.63) is 164 Å². The van der Waals surface area contributed by atoms with E-state index in [9.17, 15) is 0 Å². The van der Waals surface area contributed by atoms with Gasteiger partial charge in [0.25, 0.3) is 0 Å². The molecule has 0 unspecified atom stereocenters. The summed E-state index contributed by atoms with van der Waals surface area (Å²) in [6.07, 6.45) is 0. The van der Waals surface area contributed by atoms with Gasteiger partial charge in [-0.3, -0.25) is 0 Å². The zero-order valence-corrected chi connectivity index (χ0v) is 52.7. The zero-order valence-electron chi connectivity index (χ0n) is 44.3. The molecule has 0 aliphatic heterocycles. The van der Waals surface area contributed by atoms with Gasteiger partial charge in [-0.25, -0.2) is 0 Å². The first-order valence-electron chi connectivity index (χ1n) is 23.5. The van der Waals surface area contributed by atoms with Gasteiger partial charge in [0.2, 0.25) is 0 Å². The van der Waals surface area contributed by atoms with Crippen LogP contribution in [-0.4, -0.2) is 10.9 Å². The average molecular weight is 1110 g/mol. The van der Waals surface area contributed by atoms with Crippen LogP contribution in [0.5, 0.6) is 0 Å². The number of benzene rings is 4. The first-order chi connectivity index (χ1) is 29.8. The summed E-state index contributed by atoms with van der Waals surface area (Å²) in [6, 6.07) is 36.7. The first kappa shape index (κ1) is 62.1. The fraction of sp³-hybridized carbons (Fsp3) is 0.400. The van der Waals surface area contributed by atoms with Crippen LogP contribution in [0, 0.1) is 55.4 Å². The molecule has 0 bridgehead atoms. The largest absolute Gasteiger partial charge is 1.00 e. The SMILES string of the molecule is C[Si](C)=[Zr+2].C[Si](C)=[Zr+2].Cc1cc2c(C)cc(C(C)C)cc2[cH-]1.Cc1cc2c(C)cc(C(C)C)cc2[cH-]1.Cc1cc2c(C)cc(C(C)C)cc2[cH-]1.Cc1cc2c(C)cc(C(C)C)cc2[cH-]1.[Cl-].[Cl-]. The molecule has 6 heteroatoms. The van der Waals surface area contributed by atoms with E-state index in [2.05, 4.69) is 234 Å². The smallest absolute Gasteiger partial charge is 0.0306 e. The monoisotopic (exact) mass is 1110 g/mol. The molecule has 66 heavy (non-hydrogen) atoms. The molecule has 0 atom stereocenters. The molecule has 0 nitrogen and oxygen atoms in total. The molecule has 352 valence electrons. The summed E-state index contributed by atoms with van der Waals surface area (Å²) in [5.41, 5.74) is 17.3. The van der Waals surface area contributed by atoms with E-state index in [0.717, 1.165) is 0 Å². The van der Waals surface area contributed by atoms with Crippen molar-refractivity contribution >= 4 is 54.0 Å². The van der Waals surface area contributed by atoms with Crippen molar-refractivity contribution in [1.82, 2.24) is 0 Å². The fourth-order valence-electron chi connectivity index (χ4n) is 8.08. The third-order valence-corrected chi connectivity index (χ3v) is 11.5. The second-order valence-corrected chi connectivity index (χ2v) is 38.9. The standard InChI is InChI=1S/4C14H17.2C2H6Si.2ClH.2Zr/c4*1-9(2)12-7-11(4)14-6-10(3)5-13(14)8-12;2*1-3-2;;;;/h4*5-9H,1-4H3;2*1-2H3;2*1H;;/q4*-1;;;;;2*+2/p-2. The molecule has 0 aliphatic carbocycles. The zero-order chi connectivity index (χ0) is 48.3. The van der Waals surface area contributed by atoms with Crippen molar-refractivity contribution in [1.29, 1.82) is 0 Å². The number of rotatable bonds is 4. The molecular formula is C60H80Cl2Si2Zr2-2. The molecule has 0 radical (unpaired) electrons. The molecule has 0 amide bonds. The van der Waals surface area contributed by atoms with Gasteiger partial charge in [-0.2, -0.15) is 24.3 Å². The molecule has 8 aromatic rings. The van der Waals surface area contributed by atoms with E-state index in [1.165, 1.54) is 110 Å². The quantitative estimate of drug-likeness (QED) is 0.122. The van der Waals surface area contributed by atoms with Gasteiger partial charge in [0, 0.05) is 0 Å². The van der Waals surface area contributed by atoms with Crippen molar-refractivity contribution < 1.29 is 71.5 Å².